The van der Waals surface area contributed by atoms with Gasteiger partial charge in [0.05, 0.1) is 19.3 Å². The Balaban J connectivity index is 1.73. The van der Waals surface area contributed by atoms with Gasteiger partial charge in [0.25, 0.3) is 0 Å². The van der Waals surface area contributed by atoms with Crippen LogP contribution >= 0.6 is 0 Å². The first-order valence-electron chi connectivity index (χ1n) is 7.39. The Kier molecular flexibility index (Phi) is 4.78. The van der Waals surface area contributed by atoms with Crippen molar-refractivity contribution in [3.05, 3.63) is 59.7 Å². The van der Waals surface area contributed by atoms with Crippen LogP contribution in [0.15, 0.2) is 48.5 Å². The lowest BCUT2D eigenvalue weighted by molar-refractivity contribution is 0.0599. The van der Waals surface area contributed by atoms with E-state index in [0.717, 1.165) is 5.56 Å². The minimum atomic E-state index is -0.428. The predicted molar refractivity (Wildman–Crippen MR) is 83.8 cm³/mol. The summed E-state index contributed by atoms with van der Waals surface area (Å²) >= 11 is 0. The molecule has 1 saturated heterocycles. The van der Waals surface area contributed by atoms with Crippen molar-refractivity contribution in [2.45, 2.75) is 12.7 Å². The topological polar surface area (TPSA) is 57.3 Å². The van der Waals surface area contributed by atoms with Gasteiger partial charge in [-0.1, -0.05) is 30.3 Å². The molecule has 0 radical (unpaired) electrons. The molecule has 1 heterocycles. The fraction of sp³-hybridized carbons (Fsp3) is 0.278. The number of methoxy groups -OCH3 is 1. The van der Waals surface area contributed by atoms with E-state index < -0.39 is 5.97 Å². The van der Waals surface area contributed by atoms with E-state index >= 15 is 0 Å². The van der Waals surface area contributed by atoms with Crippen molar-refractivity contribution in [1.82, 2.24) is 0 Å². The van der Waals surface area contributed by atoms with Crippen LogP contribution in [0.5, 0.6) is 11.5 Å². The molecule has 1 aliphatic rings. The molecule has 1 unspecified atom stereocenters. The molecule has 0 amide bonds. The van der Waals surface area contributed by atoms with Gasteiger partial charge in [-0.2, -0.15) is 0 Å². The number of ether oxygens (including phenoxy) is 4. The average molecular weight is 314 g/mol. The summed E-state index contributed by atoms with van der Waals surface area (Å²) in [4.78, 5) is 11.8. The molecule has 2 aromatic rings. The quantitative estimate of drug-likeness (QED) is 0.581. The molecule has 120 valence electrons. The number of hydrogen-bond acceptors (Lipinski definition) is 5. The second-order valence-corrected chi connectivity index (χ2v) is 5.23. The largest absolute Gasteiger partial charge is 0.491 e. The number of carbonyl (C=O) groups is 1. The van der Waals surface area contributed by atoms with Crippen molar-refractivity contribution in [2.24, 2.45) is 0 Å². The van der Waals surface area contributed by atoms with E-state index in [2.05, 4.69) is 0 Å². The molecular formula is C18H18O5. The predicted octanol–water partition coefficient (Wildman–Crippen LogP) is 2.83. The van der Waals surface area contributed by atoms with Crippen molar-refractivity contribution < 1.29 is 23.7 Å². The van der Waals surface area contributed by atoms with E-state index in [1.54, 1.807) is 18.2 Å². The molecular weight excluding hydrogens is 296 g/mol. The van der Waals surface area contributed by atoms with Crippen molar-refractivity contribution >= 4 is 5.97 Å². The third-order valence-corrected chi connectivity index (χ3v) is 3.39. The normalized spacial score (nSPS) is 15.8. The van der Waals surface area contributed by atoms with Gasteiger partial charge in [-0.3, -0.25) is 0 Å². The summed E-state index contributed by atoms with van der Waals surface area (Å²) in [5, 5.41) is 0. The summed E-state index contributed by atoms with van der Waals surface area (Å²) in [6, 6.07) is 14.9. The Labute approximate surface area is 134 Å². The Morgan fingerprint density at radius 3 is 2.48 bits per heavy atom. The van der Waals surface area contributed by atoms with Crippen molar-refractivity contribution in [3.8, 4) is 11.5 Å². The highest BCUT2D eigenvalue weighted by molar-refractivity contribution is 5.90. The zero-order valence-corrected chi connectivity index (χ0v) is 12.9. The summed E-state index contributed by atoms with van der Waals surface area (Å²) < 4.78 is 21.3. The maximum Gasteiger partial charge on any atom is 0.338 e. The lowest BCUT2D eigenvalue weighted by Gasteiger charge is -2.11. The molecule has 0 aromatic heterocycles. The highest BCUT2D eigenvalue weighted by Gasteiger charge is 2.23. The molecule has 0 spiro atoms. The Morgan fingerprint density at radius 2 is 1.83 bits per heavy atom. The third kappa shape index (κ3) is 4.47. The molecule has 0 saturated carbocycles. The van der Waals surface area contributed by atoms with Crippen molar-refractivity contribution in [3.63, 3.8) is 0 Å². The number of esters is 1. The molecule has 1 aliphatic heterocycles. The minimum absolute atomic E-state index is 0.144. The lowest BCUT2D eigenvalue weighted by atomic mass is 10.2. The zero-order chi connectivity index (χ0) is 16.1. The number of benzene rings is 2. The Hall–Kier alpha value is -2.53. The van der Waals surface area contributed by atoms with Crippen molar-refractivity contribution in [1.29, 1.82) is 0 Å². The van der Waals surface area contributed by atoms with Crippen LogP contribution in [0, 0.1) is 0 Å². The first-order valence-corrected chi connectivity index (χ1v) is 7.39. The highest BCUT2D eigenvalue weighted by atomic mass is 16.6. The van der Waals surface area contributed by atoms with Crippen LogP contribution in [0.4, 0.5) is 0 Å². The van der Waals surface area contributed by atoms with Crippen LogP contribution in [0.2, 0.25) is 0 Å². The minimum Gasteiger partial charge on any atom is -0.491 e. The summed E-state index contributed by atoms with van der Waals surface area (Å²) in [5.41, 5.74) is 1.44. The van der Waals surface area contributed by atoms with Gasteiger partial charge in [-0.15, -0.1) is 0 Å². The SMILES string of the molecule is COC(=O)c1cc(OCc2ccccc2)cc(OCC2CO2)c1. The Morgan fingerprint density at radius 1 is 1.13 bits per heavy atom. The molecule has 0 bridgehead atoms. The van der Waals surface area contributed by atoms with Crippen LogP contribution in [0.1, 0.15) is 15.9 Å². The summed E-state index contributed by atoms with van der Waals surface area (Å²) in [5.74, 6) is 0.692. The second kappa shape index (κ2) is 7.15. The van der Waals surface area contributed by atoms with Crippen LogP contribution in [0.25, 0.3) is 0 Å². The first kappa shape index (κ1) is 15.4. The second-order valence-electron chi connectivity index (χ2n) is 5.23. The van der Waals surface area contributed by atoms with E-state index in [1.165, 1.54) is 7.11 Å². The molecule has 5 nitrogen and oxygen atoms in total. The Bertz CT molecular complexity index is 664. The van der Waals surface area contributed by atoms with Crippen LogP contribution in [-0.2, 0) is 16.1 Å². The van der Waals surface area contributed by atoms with Gasteiger partial charge < -0.3 is 18.9 Å². The van der Waals surface area contributed by atoms with Gasteiger partial charge in [-0.25, -0.2) is 4.79 Å². The van der Waals surface area contributed by atoms with Gasteiger partial charge in [0.15, 0.2) is 0 Å². The summed E-state index contributed by atoms with van der Waals surface area (Å²) in [6.45, 7) is 1.59. The number of hydrogen-bond donors (Lipinski definition) is 0. The van der Waals surface area contributed by atoms with Gasteiger partial charge >= 0.3 is 5.97 Å². The molecule has 0 aliphatic carbocycles. The average Bonchev–Trinajstić information content (AvgIpc) is 3.42. The van der Waals surface area contributed by atoms with Gasteiger partial charge in [0.2, 0.25) is 0 Å². The summed E-state index contributed by atoms with van der Waals surface area (Å²) in [7, 11) is 1.35. The van der Waals surface area contributed by atoms with Crippen LogP contribution in [0.3, 0.4) is 0 Å². The molecule has 2 aromatic carbocycles. The third-order valence-electron chi connectivity index (χ3n) is 3.39. The van der Waals surface area contributed by atoms with E-state index in [0.29, 0.717) is 36.9 Å². The molecule has 23 heavy (non-hydrogen) atoms. The van der Waals surface area contributed by atoms with Gasteiger partial charge in [0.1, 0.15) is 30.8 Å². The number of carbonyl (C=O) groups excluding carboxylic acids is 1. The van der Waals surface area contributed by atoms with E-state index in [4.69, 9.17) is 18.9 Å². The van der Waals surface area contributed by atoms with E-state index in [-0.39, 0.29) is 6.10 Å². The maximum atomic E-state index is 11.8. The highest BCUT2D eigenvalue weighted by Crippen LogP contribution is 2.25. The van der Waals surface area contributed by atoms with Crippen molar-refractivity contribution in [2.75, 3.05) is 20.3 Å². The standard InChI is InChI=1S/C18H18O5/c1-20-18(19)14-7-15(21-10-13-5-3-2-4-6-13)9-16(8-14)22-11-17-12-23-17/h2-9,17H,10-12H2,1H3. The number of rotatable bonds is 7. The monoisotopic (exact) mass is 314 g/mol. The first-order chi connectivity index (χ1) is 11.2. The molecule has 1 atom stereocenters. The summed E-state index contributed by atoms with van der Waals surface area (Å²) in [6.07, 6.45) is 0.144. The lowest BCUT2D eigenvalue weighted by Crippen LogP contribution is -2.07. The maximum absolute atomic E-state index is 11.8. The van der Waals surface area contributed by atoms with E-state index in [1.807, 2.05) is 30.3 Å². The van der Waals surface area contributed by atoms with Crippen LogP contribution in [-0.4, -0.2) is 32.4 Å². The molecule has 1 fully saturated rings. The molecule has 0 N–H and O–H groups in total. The fourth-order valence-electron chi connectivity index (χ4n) is 2.07. The number of epoxide rings is 1. The van der Waals surface area contributed by atoms with Gasteiger partial charge in [-0.05, 0) is 17.7 Å². The smallest absolute Gasteiger partial charge is 0.338 e. The van der Waals surface area contributed by atoms with Crippen LogP contribution < -0.4 is 9.47 Å². The fourth-order valence-corrected chi connectivity index (χ4v) is 2.07. The molecule has 5 heteroatoms. The van der Waals surface area contributed by atoms with E-state index in [9.17, 15) is 4.79 Å². The van der Waals surface area contributed by atoms with Gasteiger partial charge in [0, 0.05) is 6.07 Å². The zero-order valence-electron chi connectivity index (χ0n) is 12.9. The molecule has 3 rings (SSSR count).